The van der Waals surface area contributed by atoms with Gasteiger partial charge in [0.1, 0.15) is 0 Å². The van der Waals surface area contributed by atoms with Gasteiger partial charge in [0.25, 0.3) is 0 Å². The van der Waals surface area contributed by atoms with Crippen LogP contribution in [0, 0.1) is 26.1 Å². The van der Waals surface area contributed by atoms with Crippen molar-refractivity contribution < 1.29 is 24.4 Å². The number of aromatic hydroxyl groups is 1. The molecule has 0 atom stereocenters. The molecular formula is C22H22N4O7. The summed E-state index contributed by atoms with van der Waals surface area (Å²) >= 11 is 0. The van der Waals surface area contributed by atoms with Gasteiger partial charge < -0.3 is 14.6 Å². The van der Waals surface area contributed by atoms with Gasteiger partial charge in [0.15, 0.2) is 11.5 Å². The molecule has 3 aliphatic heterocycles. The highest BCUT2D eigenvalue weighted by atomic mass is 16.6. The maximum Gasteiger partial charge on any atom is 0.311 e. The lowest BCUT2D eigenvalue weighted by Crippen LogP contribution is -2.21. The van der Waals surface area contributed by atoms with Crippen LogP contribution in [-0.4, -0.2) is 47.2 Å². The first kappa shape index (κ1) is 22.3. The molecule has 0 aromatic heterocycles. The van der Waals surface area contributed by atoms with Crippen LogP contribution in [0.4, 0.5) is 11.4 Å². The Morgan fingerprint density at radius 3 is 2.12 bits per heavy atom. The Labute approximate surface area is 188 Å². The van der Waals surface area contributed by atoms with E-state index in [1.807, 2.05) is 0 Å². The van der Waals surface area contributed by atoms with Crippen molar-refractivity contribution in [2.45, 2.75) is 25.9 Å². The third-order valence-electron chi connectivity index (χ3n) is 5.65. The number of hydrogen-bond acceptors (Lipinski definition) is 9. The zero-order valence-corrected chi connectivity index (χ0v) is 17.7. The molecule has 0 saturated carbocycles. The average Bonchev–Trinajstić information content (AvgIpc) is 3.45. The molecule has 1 saturated heterocycles. The van der Waals surface area contributed by atoms with Crippen molar-refractivity contribution in [3.63, 3.8) is 0 Å². The molecule has 1 fully saturated rings. The number of hydrogen-bond donors (Lipinski definition) is 1. The standard InChI is InChI=1S/C14H16N2O4.C8H6N2O3/c17-16(18)13-5-11-7-15-8-12(11)6-14(13)20-9-10-1-3-19-4-2-10;11-8-2-6-4-9-3-5(6)1-7(8)10(12)13/h5-7,10H,1-4,8-9H2;1-3,11H,4H2. The molecule has 0 unspecified atom stereocenters. The number of phenols is 1. The number of phenolic OH excluding ortho intramolecular Hbond substituents is 1. The van der Waals surface area contributed by atoms with Crippen LogP contribution in [0.2, 0.25) is 0 Å². The molecule has 0 spiro atoms. The Balaban J connectivity index is 0.000000172. The van der Waals surface area contributed by atoms with Crippen molar-refractivity contribution in [3.8, 4) is 11.5 Å². The number of rotatable bonds is 5. The lowest BCUT2D eigenvalue weighted by molar-refractivity contribution is -0.386. The third-order valence-corrected chi connectivity index (χ3v) is 5.65. The summed E-state index contributed by atoms with van der Waals surface area (Å²) < 4.78 is 11.0. The van der Waals surface area contributed by atoms with E-state index >= 15 is 0 Å². The number of benzene rings is 2. The van der Waals surface area contributed by atoms with Crippen LogP contribution in [0.1, 0.15) is 35.1 Å². The summed E-state index contributed by atoms with van der Waals surface area (Å²) in [5.74, 6) is 0.466. The van der Waals surface area contributed by atoms with Gasteiger partial charge in [-0.2, -0.15) is 0 Å². The van der Waals surface area contributed by atoms with Gasteiger partial charge in [0.05, 0.1) is 29.5 Å². The fourth-order valence-electron chi connectivity index (χ4n) is 3.79. The second-order valence-electron chi connectivity index (χ2n) is 7.88. The van der Waals surface area contributed by atoms with Crippen LogP contribution in [0.15, 0.2) is 34.3 Å². The third kappa shape index (κ3) is 5.14. The molecule has 0 bridgehead atoms. The fourth-order valence-corrected chi connectivity index (χ4v) is 3.79. The van der Waals surface area contributed by atoms with E-state index in [1.165, 1.54) is 12.1 Å². The van der Waals surface area contributed by atoms with Crippen molar-refractivity contribution in [2.24, 2.45) is 15.9 Å². The number of ether oxygens (including phenoxy) is 2. The molecule has 11 heteroatoms. The van der Waals surface area contributed by atoms with Gasteiger partial charge in [-0.3, -0.25) is 30.2 Å². The Morgan fingerprint density at radius 1 is 0.939 bits per heavy atom. The smallest absolute Gasteiger partial charge is 0.311 e. The summed E-state index contributed by atoms with van der Waals surface area (Å²) in [7, 11) is 0. The first-order valence-corrected chi connectivity index (χ1v) is 10.4. The molecular weight excluding hydrogens is 432 g/mol. The monoisotopic (exact) mass is 454 g/mol. The zero-order chi connectivity index (χ0) is 23.4. The summed E-state index contributed by atoms with van der Waals surface area (Å²) in [6.45, 7) is 3.05. The average molecular weight is 454 g/mol. The van der Waals surface area contributed by atoms with Crippen LogP contribution in [0.25, 0.3) is 0 Å². The lowest BCUT2D eigenvalue weighted by atomic mass is 10.0. The van der Waals surface area contributed by atoms with Crippen LogP contribution in [0.3, 0.4) is 0 Å². The minimum Gasteiger partial charge on any atom is -0.502 e. The first-order chi connectivity index (χ1) is 15.9. The second kappa shape index (κ2) is 9.74. The highest BCUT2D eigenvalue weighted by Crippen LogP contribution is 2.33. The molecule has 2 aromatic carbocycles. The normalized spacial score (nSPS) is 16.0. The summed E-state index contributed by atoms with van der Waals surface area (Å²) in [5, 5.41) is 30.8. The SMILES string of the molecule is O=[N+]([O-])c1cc2c(cc1O)CN=C2.O=[N+]([O-])c1cc2c(cc1OCC1CCOCC1)CN=C2. The van der Waals surface area contributed by atoms with Crippen LogP contribution >= 0.6 is 0 Å². The van der Waals surface area contributed by atoms with E-state index in [-0.39, 0.29) is 17.1 Å². The summed E-state index contributed by atoms with van der Waals surface area (Å²) in [6, 6.07) is 6.02. The van der Waals surface area contributed by atoms with Gasteiger partial charge in [-0.05, 0) is 42.0 Å². The highest BCUT2D eigenvalue weighted by Gasteiger charge is 2.22. The molecule has 3 aliphatic rings. The van der Waals surface area contributed by atoms with Crippen molar-refractivity contribution in [3.05, 3.63) is 66.7 Å². The topological polar surface area (TPSA) is 150 Å². The van der Waals surface area contributed by atoms with Gasteiger partial charge in [0, 0.05) is 48.9 Å². The lowest BCUT2D eigenvalue weighted by Gasteiger charge is -2.22. The number of aliphatic imine (C=N–C) groups is 2. The molecule has 0 aliphatic carbocycles. The quantitative estimate of drug-likeness (QED) is 0.536. The number of nitro benzene ring substituents is 2. The van der Waals surface area contributed by atoms with Crippen molar-refractivity contribution >= 4 is 23.8 Å². The molecule has 33 heavy (non-hydrogen) atoms. The molecule has 172 valence electrons. The van der Waals surface area contributed by atoms with E-state index in [2.05, 4.69) is 9.98 Å². The van der Waals surface area contributed by atoms with Crippen molar-refractivity contribution in [1.82, 2.24) is 0 Å². The molecule has 2 aromatic rings. The summed E-state index contributed by atoms with van der Waals surface area (Å²) in [5.41, 5.74) is 3.08. The summed E-state index contributed by atoms with van der Waals surface area (Å²) in [4.78, 5) is 28.6. The van der Waals surface area contributed by atoms with E-state index in [0.29, 0.717) is 36.9 Å². The minimum absolute atomic E-state index is 0.0177. The number of fused-ring (bicyclic) bond motifs is 2. The van der Waals surface area contributed by atoms with E-state index in [0.717, 1.165) is 42.7 Å². The minimum atomic E-state index is -0.609. The molecule has 3 heterocycles. The predicted molar refractivity (Wildman–Crippen MR) is 119 cm³/mol. The van der Waals surface area contributed by atoms with Crippen LogP contribution in [0.5, 0.6) is 11.5 Å². The Bertz CT molecular complexity index is 1140. The first-order valence-electron chi connectivity index (χ1n) is 10.4. The van der Waals surface area contributed by atoms with E-state index in [4.69, 9.17) is 9.47 Å². The van der Waals surface area contributed by atoms with Crippen LogP contribution < -0.4 is 4.74 Å². The maximum absolute atomic E-state index is 11.1. The zero-order valence-electron chi connectivity index (χ0n) is 17.7. The molecule has 1 N–H and O–H groups in total. The summed E-state index contributed by atoms with van der Waals surface area (Å²) in [6.07, 6.45) is 5.13. The molecule has 0 amide bonds. The molecule has 0 radical (unpaired) electrons. The van der Waals surface area contributed by atoms with Gasteiger partial charge >= 0.3 is 11.4 Å². The highest BCUT2D eigenvalue weighted by molar-refractivity contribution is 5.87. The van der Waals surface area contributed by atoms with Gasteiger partial charge in [0.2, 0.25) is 0 Å². The van der Waals surface area contributed by atoms with Crippen molar-refractivity contribution in [1.29, 1.82) is 0 Å². The fraction of sp³-hybridized carbons (Fsp3) is 0.364. The number of nitrogens with zero attached hydrogens (tertiary/aromatic N) is 4. The number of nitro groups is 2. The van der Waals surface area contributed by atoms with Crippen molar-refractivity contribution in [2.75, 3.05) is 19.8 Å². The Hall–Kier alpha value is -3.86. The maximum atomic E-state index is 11.1. The Kier molecular flexibility index (Phi) is 6.59. The van der Waals surface area contributed by atoms with Crippen LogP contribution in [-0.2, 0) is 17.8 Å². The van der Waals surface area contributed by atoms with E-state index in [1.54, 1.807) is 24.6 Å². The second-order valence-corrected chi connectivity index (χ2v) is 7.88. The molecule has 5 rings (SSSR count). The van der Waals surface area contributed by atoms with E-state index in [9.17, 15) is 25.3 Å². The largest absolute Gasteiger partial charge is 0.502 e. The van der Waals surface area contributed by atoms with Gasteiger partial charge in [-0.15, -0.1) is 0 Å². The molecule has 11 nitrogen and oxygen atoms in total. The van der Waals surface area contributed by atoms with Gasteiger partial charge in [-0.1, -0.05) is 0 Å². The Morgan fingerprint density at radius 2 is 1.52 bits per heavy atom. The van der Waals surface area contributed by atoms with Gasteiger partial charge in [-0.25, -0.2) is 0 Å². The van der Waals surface area contributed by atoms with E-state index < -0.39 is 9.85 Å². The predicted octanol–water partition coefficient (Wildman–Crippen LogP) is 3.57.